The van der Waals surface area contributed by atoms with Crippen LogP contribution in [0.1, 0.15) is 18.1 Å². The van der Waals surface area contributed by atoms with Crippen LogP contribution in [0.3, 0.4) is 0 Å². The number of hydrogen-bond donors (Lipinski definition) is 1. The third kappa shape index (κ3) is 6.53. The Balaban J connectivity index is 1.76. The lowest BCUT2D eigenvalue weighted by atomic mass is 10.1. The molecule has 3 rings (SSSR count). The molecule has 1 amide bonds. The van der Waals surface area contributed by atoms with Crippen LogP contribution in [0.25, 0.3) is 6.08 Å². The quantitative estimate of drug-likeness (QED) is 0.306. The molecular formula is C27H26ClN3O3. The average Bonchev–Trinajstić information content (AvgIpc) is 2.83. The van der Waals surface area contributed by atoms with Crippen LogP contribution in [0.5, 0.6) is 11.5 Å². The van der Waals surface area contributed by atoms with Crippen molar-refractivity contribution in [2.45, 2.75) is 13.5 Å². The highest BCUT2D eigenvalue weighted by atomic mass is 35.5. The minimum Gasteiger partial charge on any atom is -0.490 e. The van der Waals surface area contributed by atoms with Crippen molar-refractivity contribution in [2.75, 3.05) is 30.9 Å². The number of carbonyl (C=O) groups is 1. The van der Waals surface area contributed by atoms with Gasteiger partial charge in [-0.05, 0) is 61.0 Å². The van der Waals surface area contributed by atoms with E-state index in [4.69, 9.17) is 21.1 Å². The van der Waals surface area contributed by atoms with Crippen molar-refractivity contribution < 1.29 is 14.3 Å². The minimum absolute atomic E-state index is 0.0242. The molecule has 3 aromatic carbocycles. The van der Waals surface area contributed by atoms with Gasteiger partial charge < -0.3 is 19.7 Å². The van der Waals surface area contributed by atoms with Crippen LogP contribution in [0.15, 0.2) is 72.3 Å². The Morgan fingerprint density at radius 3 is 2.44 bits per heavy atom. The fraction of sp³-hybridized carbons (Fsp3) is 0.185. The zero-order valence-electron chi connectivity index (χ0n) is 19.3. The Bertz CT molecular complexity index is 1210. The maximum Gasteiger partial charge on any atom is 0.266 e. The van der Waals surface area contributed by atoms with Crippen molar-refractivity contribution in [1.29, 1.82) is 5.26 Å². The molecule has 0 aliphatic carbocycles. The lowest BCUT2D eigenvalue weighted by molar-refractivity contribution is -0.112. The van der Waals surface area contributed by atoms with Gasteiger partial charge in [-0.15, -0.1) is 0 Å². The molecule has 0 aromatic heterocycles. The van der Waals surface area contributed by atoms with Gasteiger partial charge in [0.15, 0.2) is 11.5 Å². The third-order valence-electron chi connectivity index (χ3n) is 4.93. The lowest BCUT2D eigenvalue weighted by Crippen LogP contribution is -2.14. The van der Waals surface area contributed by atoms with Crippen LogP contribution in [0, 0.1) is 11.3 Å². The summed E-state index contributed by atoms with van der Waals surface area (Å²) in [6, 6.07) is 22.1. The molecule has 0 saturated heterocycles. The number of nitriles is 1. The van der Waals surface area contributed by atoms with Crippen molar-refractivity contribution in [3.05, 3.63) is 88.5 Å². The van der Waals surface area contributed by atoms with E-state index >= 15 is 0 Å². The van der Waals surface area contributed by atoms with E-state index in [0.717, 1.165) is 11.3 Å². The standard InChI is InChI=1S/C27H26ClN3O3/c1-4-33-26-16-19(9-14-25(26)34-18-20-7-5-6-8-24(20)28)15-21(17-29)27(32)30-22-10-12-23(13-11-22)31(2)3/h5-16H,4,18H2,1-3H3,(H,30,32)/b21-15-. The lowest BCUT2D eigenvalue weighted by Gasteiger charge is -2.14. The van der Waals surface area contributed by atoms with E-state index in [1.165, 1.54) is 6.08 Å². The summed E-state index contributed by atoms with van der Waals surface area (Å²) in [5, 5.41) is 12.9. The maximum atomic E-state index is 12.7. The first kappa shape index (κ1) is 24.7. The normalized spacial score (nSPS) is 10.9. The Morgan fingerprint density at radius 2 is 1.79 bits per heavy atom. The molecule has 0 bridgehead atoms. The van der Waals surface area contributed by atoms with Gasteiger partial charge in [-0.3, -0.25) is 4.79 Å². The summed E-state index contributed by atoms with van der Waals surface area (Å²) in [4.78, 5) is 14.6. The van der Waals surface area contributed by atoms with E-state index in [-0.39, 0.29) is 12.2 Å². The van der Waals surface area contributed by atoms with Crippen LogP contribution in [-0.4, -0.2) is 26.6 Å². The Kier molecular flexibility index (Phi) is 8.55. The summed E-state index contributed by atoms with van der Waals surface area (Å²) in [7, 11) is 3.88. The second-order valence-corrected chi connectivity index (χ2v) is 7.99. The smallest absolute Gasteiger partial charge is 0.266 e. The van der Waals surface area contributed by atoms with Gasteiger partial charge in [-0.1, -0.05) is 35.9 Å². The monoisotopic (exact) mass is 475 g/mol. The van der Waals surface area contributed by atoms with Crippen molar-refractivity contribution in [3.8, 4) is 17.6 Å². The summed E-state index contributed by atoms with van der Waals surface area (Å²) < 4.78 is 11.6. The molecule has 0 radical (unpaired) electrons. The van der Waals surface area contributed by atoms with Crippen LogP contribution in [-0.2, 0) is 11.4 Å². The molecule has 0 aliphatic heterocycles. The second kappa shape index (κ2) is 11.8. The molecule has 6 nitrogen and oxygen atoms in total. The Morgan fingerprint density at radius 1 is 1.06 bits per heavy atom. The predicted octanol–water partition coefficient (Wildman–Crippen LogP) is 5.93. The first-order valence-corrected chi connectivity index (χ1v) is 11.1. The molecule has 0 fully saturated rings. The molecule has 3 aromatic rings. The third-order valence-corrected chi connectivity index (χ3v) is 5.30. The summed E-state index contributed by atoms with van der Waals surface area (Å²) in [6.07, 6.45) is 1.52. The number of hydrogen-bond acceptors (Lipinski definition) is 5. The van der Waals surface area contributed by atoms with E-state index < -0.39 is 5.91 Å². The SMILES string of the molecule is CCOc1cc(/C=C(/C#N)C(=O)Nc2ccc(N(C)C)cc2)ccc1OCc1ccccc1Cl. The van der Waals surface area contributed by atoms with Gasteiger partial charge >= 0.3 is 0 Å². The second-order valence-electron chi connectivity index (χ2n) is 7.58. The predicted molar refractivity (Wildman–Crippen MR) is 136 cm³/mol. The summed E-state index contributed by atoms with van der Waals surface area (Å²) >= 11 is 6.21. The van der Waals surface area contributed by atoms with Gasteiger partial charge in [0.1, 0.15) is 18.2 Å². The van der Waals surface area contributed by atoms with E-state index in [9.17, 15) is 10.1 Å². The number of nitrogens with zero attached hydrogens (tertiary/aromatic N) is 2. The number of halogens is 1. The minimum atomic E-state index is -0.489. The largest absolute Gasteiger partial charge is 0.490 e. The van der Waals surface area contributed by atoms with Crippen molar-refractivity contribution in [2.24, 2.45) is 0 Å². The first-order chi connectivity index (χ1) is 16.4. The van der Waals surface area contributed by atoms with E-state index in [0.29, 0.717) is 34.4 Å². The summed E-state index contributed by atoms with van der Waals surface area (Å²) in [5.74, 6) is 0.570. The molecule has 7 heteroatoms. The average molecular weight is 476 g/mol. The summed E-state index contributed by atoms with van der Waals surface area (Å²) in [5.41, 5.74) is 3.09. The molecule has 0 aliphatic rings. The molecule has 34 heavy (non-hydrogen) atoms. The van der Waals surface area contributed by atoms with E-state index in [1.54, 1.807) is 30.3 Å². The highest BCUT2D eigenvalue weighted by molar-refractivity contribution is 6.31. The van der Waals surface area contributed by atoms with E-state index in [1.807, 2.05) is 68.4 Å². The molecule has 0 spiro atoms. The van der Waals surface area contributed by atoms with E-state index in [2.05, 4.69) is 5.32 Å². The van der Waals surface area contributed by atoms with Crippen molar-refractivity contribution >= 4 is 35.0 Å². The number of rotatable bonds is 9. The topological polar surface area (TPSA) is 74.6 Å². The van der Waals surface area contributed by atoms with Crippen LogP contribution < -0.4 is 19.7 Å². The zero-order valence-corrected chi connectivity index (χ0v) is 20.1. The Hall–Kier alpha value is -3.95. The van der Waals surface area contributed by atoms with Crippen LogP contribution in [0.4, 0.5) is 11.4 Å². The molecule has 0 atom stereocenters. The van der Waals surface area contributed by atoms with Gasteiger partial charge in [0, 0.05) is 36.1 Å². The zero-order chi connectivity index (χ0) is 24.5. The fourth-order valence-corrected chi connectivity index (χ4v) is 3.32. The molecule has 0 heterocycles. The number of anilines is 2. The van der Waals surface area contributed by atoms with Gasteiger partial charge in [-0.2, -0.15) is 5.26 Å². The van der Waals surface area contributed by atoms with Gasteiger partial charge in [0.05, 0.1) is 6.61 Å². The van der Waals surface area contributed by atoms with Crippen LogP contribution >= 0.6 is 11.6 Å². The molecule has 174 valence electrons. The molecule has 1 N–H and O–H groups in total. The maximum absolute atomic E-state index is 12.7. The number of benzene rings is 3. The fourth-order valence-electron chi connectivity index (χ4n) is 3.13. The number of carbonyl (C=O) groups excluding carboxylic acids is 1. The number of amides is 1. The number of nitrogens with one attached hydrogen (secondary N) is 1. The highest BCUT2D eigenvalue weighted by Gasteiger charge is 2.12. The highest BCUT2D eigenvalue weighted by Crippen LogP contribution is 2.31. The van der Waals surface area contributed by atoms with Crippen molar-refractivity contribution in [3.63, 3.8) is 0 Å². The van der Waals surface area contributed by atoms with Crippen molar-refractivity contribution in [1.82, 2.24) is 0 Å². The number of ether oxygens (including phenoxy) is 2. The molecule has 0 unspecified atom stereocenters. The van der Waals surface area contributed by atoms with Crippen LogP contribution in [0.2, 0.25) is 5.02 Å². The molecule has 0 saturated carbocycles. The van der Waals surface area contributed by atoms with Gasteiger partial charge in [0.25, 0.3) is 5.91 Å². The Labute approximate surface area is 205 Å². The summed E-state index contributed by atoms with van der Waals surface area (Å²) in [6.45, 7) is 2.59. The molecular weight excluding hydrogens is 450 g/mol. The van der Waals surface area contributed by atoms with Gasteiger partial charge in [0.2, 0.25) is 0 Å². The first-order valence-electron chi connectivity index (χ1n) is 10.7. The van der Waals surface area contributed by atoms with Gasteiger partial charge in [-0.25, -0.2) is 0 Å².